The van der Waals surface area contributed by atoms with Crippen molar-refractivity contribution < 1.29 is 4.74 Å². The highest BCUT2D eigenvalue weighted by atomic mass is 35.5. The van der Waals surface area contributed by atoms with Gasteiger partial charge in [-0.3, -0.25) is 4.68 Å². The standard InChI is InChI=1S/C15H18ClN3O/c1-3-19-13(15(16)10(2)18-19)8-17-12-9-20-14-7-5-4-6-11(12)14/h4-7,12,17H,3,8-9H2,1-2H3. The van der Waals surface area contributed by atoms with Crippen LogP contribution in [0.15, 0.2) is 24.3 Å². The summed E-state index contributed by atoms with van der Waals surface area (Å²) in [5.41, 5.74) is 3.13. The van der Waals surface area contributed by atoms with Gasteiger partial charge in [-0.1, -0.05) is 29.8 Å². The quantitative estimate of drug-likeness (QED) is 0.941. The van der Waals surface area contributed by atoms with Crippen molar-refractivity contribution in [3.05, 3.63) is 46.2 Å². The Morgan fingerprint density at radius 3 is 3.05 bits per heavy atom. The third-order valence-corrected chi connectivity index (χ3v) is 4.16. The smallest absolute Gasteiger partial charge is 0.124 e. The van der Waals surface area contributed by atoms with Crippen LogP contribution in [-0.4, -0.2) is 16.4 Å². The van der Waals surface area contributed by atoms with Crippen LogP contribution in [-0.2, 0) is 13.1 Å². The predicted octanol–water partition coefficient (Wildman–Crippen LogP) is 3.09. The summed E-state index contributed by atoms with van der Waals surface area (Å²) < 4.78 is 7.62. The van der Waals surface area contributed by atoms with E-state index in [-0.39, 0.29) is 6.04 Å². The van der Waals surface area contributed by atoms with Crippen LogP contribution in [0.5, 0.6) is 5.75 Å². The molecule has 106 valence electrons. The maximum atomic E-state index is 6.32. The fourth-order valence-corrected chi connectivity index (χ4v) is 2.79. The van der Waals surface area contributed by atoms with E-state index < -0.39 is 0 Å². The third-order valence-electron chi connectivity index (χ3n) is 3.67. The van der Waals surface area contributed by atoms with E-state index in [0.29, 0.717) is 13.2 Å². The number of aromatic nitrogens is 2. The van der Waals surface area contributed by atoms with E-state index in [2.05, 4.69) is 23.4 Å². The molecule has 1 N–H and O–H groups in total. The number of hydrogen-bond acceptors (Lipinski definition) is 3. The first-order chi connectivity index (χ1) is 9.70. The van der Waals surface area contributed by atoms with Gasteiger partial charge in [-0.2, -0.15) is 5.10 Å². The Balaban J connectivity index is 1.75. The Morgan fingerprint density at radius 2 is 2.25 bits per heavy atom. The Kier molecular flexibility index (Phi) is 3.68. The van der Waals surface area contributed by atoms with Crippen molar-refractivity contribution in [3.63, 3.8) is 0 Å². The van der Waals surface area contributed by atoms with Crippen molar-refractivity contribution in [1.82, 2.24) is 15.1 Å². The summed E-state index contributed by atoms with van der Waals surface area (Å²) in [7, 11) is 0. The number of nitrogens with one attached hydrogen (secondary N) is 1. The molecule has 2 aromatic rings. The Bertz CT molecular complexity index is 624. The molecule has 0 saturated heterocycles. The average Bonchev–Trinajstić information content (AvgIpc) is 3.00. The molecule has 1 aliphatic rings. The number of aryl methyl sites for hydroxylation is 2. The summed E-state index contributed by atoms with van der Waals surface area (Å²) in [6.45, 7) is 6.18. The zero-order chi connectivity index (χ0) is 14.1. The molecule has 0 bridgehead atoms. The molecule has 0 saturated carbocycles. The van der Waals surface area contributed by atoms with Crippen molar-refractivity contribution in [1.29, 1.82) is 0 Å². The average molecular weight is 292 g/mol. The van der Waals surface area contributed by atoms with Gasteiger partial charge in [-0.05, 0) is 19.9 Å². The molecule has 2 heterocycles. The van der Waals surface area contributed by atoms with Crippen LogP contribution in [0.2, 0.25) is 5.02 Å². The molecule has 0 radical (unpaired) electrons. The van der Waals surface area contributed by atoms with Crippen LogP contribution >= 0.6 is 11.6 Å². The van der Waals surface area contributed by atoms with Gasteiger partial charge in [0.1, 0.15) is 12.4 Å². The Hall–Kier alpha value is -1.52. The van der Waals surface area contributed by atoms with Gasteiger partial charge in [0.2, 0.25) is 0 Å². The lowest BCUT2D eigenvalue weighted by molar-refractivity contribution is 0.309. The highest BCUT2D eigenvalue weighted by Gasteiger charge is 2.24. The van der Waals surface area contributed by atoms with Crippen molar-refractivity contribution in [2.45, 2.75) is 33.0 Å². The summed E-state index contributed by atoms with van der Waals surface area (Å²) in [6, 6.07) is 8.35. The van der Waals surface area contributed by atoms with Gasteiger partial charge in [0.25, 0.3) is 0 Å². The molecule has 1 aliphatic heterocycles. The molecule has 1 aromatic heterocycles. The molecule has 1 atom stereocenters. The van der Waals surface area contributed by atoms with E-state index in [1.165, 1.54) is 5.56 Å². The number of ether oxygens (including phenoxy) is 1. The van der Waals surface area contributed by atoms with E-state index in [1.54, 1.807) is 0 Å². The molecule has 5 heteroatoms. The molecular weight excluding hydrogens is 274 g/mol. The van der Waals surface area contributed by atoms with E-state index in [4.69, 9.17) is 16.3 Å². The van der Waals surface area contributed by atoms with Crippen LogP contribution in [0, 0.1) is 6.92 Å². The number of benzene rings is 1. The Morgan fingerprint density at radius 1 is 1.45 bits per heavy atom. The second-order valence-electron chi connectivity index (χ2n) is 4.94. The van der Waals surface area contributed by atoms with Crippen LogP contribution in [0.25, 0.3) is 0 Å². The summed E-state index contributed by atoms with van der Waals surface area (Å²) in [5, 5.41) is 8.70. The first kappa shape index (κ1) is 13.5. The van der Waals surface area contributed by atoms with Gasteiger partial charge in [-0.15, -0.1) is 0 Å². The number of halogens is 1. The van der Waals surface area contributed by atoms with Gasteiger partial charge in [-0.25, -0.2) is 0 Å². The van der Waals surface area contributed by atoms with Crippen LogP contribution in [0.3, 0.4) is 0 Å². The van der Waals surface area contributed by atoms with Crippen molar-refractivity contribution >= 4 is 11.6 Å². The molecule has 0 fully saturated rings. The first-order valence-corrected chi connectivity index (χ1v) is 7.25. The highest BCUT2D eigenvalue weighted by Crippen LogP contribution is 2.32. The minimum absolute atomic E-state index is 0.211. The molecule has 1 unspecified atom stereocenters. The first-order valence-electron chi connectivity index (χ1n) is 6.87. The topological polar surface area (TPSA) is 39.1 Å². The van der Waals surface area contributed by atoms with Gasteiger partial charge < -0.3 is 10.1 Å². The fraction of sp³-hybridized carbons (Fsp3) is 0.400. The lowest BCUT2D eigenvalue weighted by Crippen LogP contribution is -2.23. The Labute approximate surface area is 123 Å². The van der Waals surface area contributed by atoms with Gasteiger partial charge in [0, 0.05) is 18.7 Å². The van der Waals surface area contributed by atoms with E-state index >= 15 is 0 Å². The van der Waals surface area contributed by atoms with Crippen LogP contribution in [0.1, 0.15) is 29.9 Å². The monoisotopic (exact) mass is 291 g/mol. The molecule has 20 heavy (non-hydrogen) atoms. The molecule has 0 aliphatic carbocycles. The number of nitrogens with zero attached hydrogens (tertiary/aromatic N) is 2. The minimum Gasteiger partial charge on any atom is -0.491 e. The summed E-state index contributed by atoms with van der Waals surface area (Å²) in [6.07, 6.45) is 0. The normalized spacial score (nSPS) is 17.1. The SMILES string of the molecule is CCn1nc(C)c(Cl)c1CNC1COc2ccccc21. The van der Waals surface area contributed by atoms with Gasteiger partial charge >= 0.3 is 0 Å². The van der Waals surface area contributed by atoms with Gasteiger partial charge in [0.05, 0.1) is 22.5 Å². The van der Waals surface area contributed by atoms with Crippen molar-refractivity contribution in [2.24, 2.45) is 0 Å². The maximum Gasteiger partial charge on any atom is 0.124 e. The predicted molar refractivity (Wildman–Crippen MR) is 79.2 cm³/mol. The molecule has 0 spiro atoms. The molecule has 1 aromatic carbocycles. The number of hydrogen-bond donors (Lipinski definition) is 1. The van der Waals surface area contributed by atoms with E-state index in [0.717, 1.165) is 28.7 Å². The van der Waals surface area contributed by atoms with Crippen LogP contribution < -0.4 is 10.1 Å². The molecule has 4 nitrogen and oxygen atoms in total. The van der Waals surface area contributed by atoms with Crippen molar-refractivity contribution in [3.8, 4) is 5.75 Å². The van der Waals surface area contributed by atoms with Gasteiger partial charge in [0.15, 0.2) is 0 Å². The van der Waals surface area contributed by atoms with E-state index in [1.807, 2.05) is 29.8 Å². The zero-order valence-electron chi connectivity index (χ0n) is 11.7. The van der Waals surface area contributed by atoms with Crippen molar-refractivity contribution in [2.75, 3.05) is 6.61 Å². The summed E-state index contributed by atoms with van der Waals surface area (Å²) >= 11 is 6.32. The second kappa shape index (κ2) is 5.46. The number of para-hydroxylation sites is 1. The summed E-state index contributed by atoms with van der Waals surface area (Å²) in [5.74, 6) is 0.969. The fourth-order valence-electron chi connectivity index (χ4n) is 2.59. The third kappa shape index (κ3) is 2.30. The van der Waals surface area contributed by atoms with Crippen LogP contribution in [0.4, 0.5) is 0 Å². The lowest BCUT2D eigenvalue weighted by atomic mass is 10.1. The number of fused-ring (bicyclic) bond motifs is 1. The maximum absolute atomic E-state index is 6.32. The molecular formula is C15H18ClN3O. The molecule has 0 amide bonds. The number of rotatable bonds is 4. The molecule has 3 rings (SSSR count). The largest absolute Gasteiger partial charge is 0.491 e. The lowest BCUT2D eigenvalue weighted by Gasteiger charge is -2.12. The zero-order valence-corrected chi connectivity index (χ0v) is 12.4. The second-order valence-corrected chi connectivity index (χ2v) is 5.32. The minimum atomic E-state index is 0.211. The summed E-state index contributed by atoms with van der Waals surface area (Å²) in [4.78, 5) is 0. The highest BCUT2D eigenvalue weighted by molar-refractivity contribution is 6.31. The van der Waals surface area contributed by atoms with E-state index in [9.17, 15) is 0 Å².